The van der Waals surface area contributed by atoms with Crippen LogP contribution in [-0.2, 0) is 4.74 Å². The van der Waals surface area contributed by atoms with E-state index in [0.717, 1.165) is 18.3 Å². The molecule has 2 unspecified atom stereocenters. The summed E-state index contributed by atoms with van der Waals surface area (Å²) in [7, 11) is 0. The summed E-state index contributed by atoms with van der Waals surface area (Å²) in [6, 6.07) is 8.62. The first-order chi connectivity index (χ1) is 11.7. The summed E-state index contributed by atoms with van der Waals surface area (Å²) in [5.41, 5.74) is 1.43. The second kappa shape index (κ2) is 10.8. The molecule has 0 spiro atoms. The minimum atomic E-state index is -0.169. The Morgan fingerprint density at radius 1 is 1.04 bits per heavy atom. The maximum Gasteiger partial charge on any atom is 0.196 e. The molecule has 1 aromatic rings. The van der Waals surface area contributed by atoms with Crippen molar-refractivity contribution in [1.82, 2.24) is 0 Å². The molecule has 0 aliphatic heterocycles. The molecule has 1 aliphatic carbocycles. The fourth-order valence-electron chi connectivity index (χ4n) is 3.88. The molecule has 24 heavy (non-hydrogen) atoms. The molecule has 2 rings (SSSR count). The van der Waals surface area contributed by atoms with Gasteiger partial charge in [-0.2, -0.15) is 0 Å². The van der Waals surface area contributed by atoms with Gasteiger partial charge in [-0.25, -0.2) is 0 Å². The fraction of sp³-hybridized carbons (Fsp3) is 0.727. The average Bonchev–Trinajstić information content (AvgIpc) is 2.61. The van der Waals surface area contributed by atoms with Crippen LogP contribution in [-0.4, -0.2) is 12.9 Å². The van der Waals surface area contributed by atoms with Gasteiger partial charge < -0.3 is 9.47 Å². The van der Waals surface area contributed by atoms with E-state index in [2.05, 4.69) is 38.1 Å². The van der Waals surface area contributed by atoms with E-state index in [4.69, 9.17) is 9.47 Å². The lowest BCUT2D eigenvalue weighted by molar-refractivity contribution is -0.0711. The Hall–Kier alpha value is -1.02. The van der Waals surface area contributed by atoms with Crippen LogP contribution in [0.2, 0.25) is 0 Å². The van der Waals surface area contributed by atoms with E-state index < -0.39 is 0 Å². The molecule has 2 atom stereocenters. The third-order valence-electron chi connectivity index (χ3n) is 5.39. The number of ether oxygens (including phenoxy) is 2. The van der Waals surface area contributed by atoms with Crippen LogP contribution >= 0.6 is 0 Å². The molecule has 0 heterocycles. The molecule has 0 saturated heterocycles. The summed E-state index contributed by atoms with van der Waals surface area (Å²) >= 11 is 0. The van der Waals surface area contributed by atoms with Crippen molar-refractivity contribution in [1.29, 1.82) is 0 Å². The summed E-state index contributed by atoms with van der Waals surface area (Å²) in [5.74, 6) is 2.46. The van der Waals surface area contributed by atoms with Crippen LogP contribution in [0.4, 0.5) is 0 Å². The normalized spacial score (nSPS) is 18.3. The summed E-state index contributed by atoms with van der Waals surface area (Å²) in [5, 5.41) is 0. The van der Waals surface area contributed by atoms with Gasteiger partial charge in [0.25, 0.3) is 0 Å². The Balaban J connectivity index is 1.71. The molecule has 1 fully saturated rings. The molecule has 136 valence electrons. The summed E-state index contributed by atoms with van der Waals surface area (Å²) in [4.78, 5) is 0. The van der Waals surface area contributed by atoms with Crippen molar-refractivity contribution >= 4 is 0 Å². The second-order valence-corrected chi connectivity index (χ2v) is 7.31. The molecule has 2 heteroatoms. The number of benzene rings is 1. The zero-order valence-electron chi connectivity index (χ0n) is 15.9. The van der Waals surface area contributed by atoms with Crippen molar-refractivity contribution in [2.24, 2.45) is 5.92 Å². The number of rotatable bonds is 10. The van der Waals surface area contributed by atoms with Crippen LogP contribution in [0.5, 0.6) is 5.75 Å². The van der Waals surface area contributed by atoms with Crippen molar-refractivity contribution in [2.75, 3.05) is 6.61 Å². The van der Waals surface area contributed by atoms with Gasteiger partial charge in [0.15, 0.2) is 6.29 Å². The Kier molecular flexibility index (Phi) is 8.66. The van der Waals surface area contributed by atoms with Crippen molar-refractivity contribution in [3.8, 4) is 5.75 Å². The fourth-order valence-corrected chi connectivity index (χ4v) is 3.88. The van der Waals surface area contributed by atoms with Gasteiger partial charge in [-0.15, -0.1) is 0 Å². The third-order valence-corrected chi connectivity index (χ3v) is 5.39. The van der Waals surface area contributed by atoms with E-state index in [-0.39, 0.29) is 6.29 Å². The van der Waals surface area contributed by atoms with Gasteiger partial charge in [0.2, 0.25) is 0 Å². The largest absolute Gasteiger partial charge is 0.465 e. The average molecular weight is 333 g/mol. The SMILES string of the molecule is CCCC(CC)c1ccc(OC(C)OCCC2CCCCC2)cc1. The van der Waals surface area contributed by atoms with Gasteiger partial charge in [-0.3, -0.25) is 0 Å². The minimum Gasteiger partial charge on any atom is -0.465 e. The van der Waals surface area contributed by atoms with E-state index >= 15 is 0 Å². The molecular weight excluding hydrogens is 296 g/mol. The van der Waals surface area contributed by atoms with E-state index in [1.807, 2.05) is 6.92 Å². The van der Waals surface area contributed by atoms with Crippen LogP contribution in [0.25, 0.3) is 0 Å². The zero-order chi connectivity index (χ0) is 17.2. The van der Waals surface area contributed by atoms with E-state index in [9.17, 15) is 0 Å². The lowest BCUT2D eigenvalue weighted by atomic mass is 9.87. The first-order valence-corrected chi connectivity index (χ1v) is 10.1. The van der Waals surface area contributed by atoms with Crippen molar-refractivity contribution in [3.63, 3.8) is 0 Å². The van der Waals surface area contributed by atoms with Crippen LogP contribution in [0.3, 0.4) is 0 Å². The highest BCUT2D eigenvalue weighted by Crippen LogP contribution is 2.27. The second-order valence-electron chi connectivity index (χ2n) is 7.31. The number of hydrogen-bond donors (Lipinski definition) is 0. The van der Waals surface area contributed by atoms with Gasteiger partial charge >= 0.3 is 0 Å². The zero-order valence-corrected chi connectivity index (χ0v) is 15.9. The maximum absolute atomic E-state index is 5.91. The van der Waals surface area contributed by atoms with Gasteiger partial charge in [0.05, 0.1) is 6.61 Å². The molecule has 1 aliphatic rings. The predicted molar refractivity (Wildman–Crippen MR) is 102 cm³/mol. The Morgan fingerprint density at radius 3 is 2.38 bits per heavy atom. The van der Waals surface area contributed by atoms with Gasteiger partial charge in [0.1, 0.15) is 5.75 Å². The number of hydrogen-bond acceptors (Lipinski definition) is 2. The Labute approximate surface area is 148 Å². The summed E-state index contributed by atoms with van der Waals surface area (Å²) in [6.45, 7) is 7.35. The molecule has 0 radical (unpaired) electrons. The van der Waals surface area contributed by atoms with Crippen LogP contribution in [0.15, 0.2) is 24.3 Å². The molecule has 2 nitrogen and oxygen atoms in total. The predicted octanol–water partition coefficient (Wildman–Crippen LogP) is 6.69. The lowest BCUT2D eigenvalue weighted by Gasteiger charge is -2.22. The van der Waals surface area contributed by atoms with Gasteiger partial charge in [-0.05, 0) is 55.7 Å². The monoisotopic (exact) mass is 332 g/mol. The van der Waals surface area contributed by atoms with Crippen LogP contribution in [0.1, 0.15) is 90.0 Å². The lowest BCUT2D eigenvalue weighted by Crippen LogP contribution is -2.19. The van der Waals surface area contributed by atoms with Crippen molar-refractivity contribution < 1.29 is 9.47 Å². The smallest absolute Gasteiger partial charge is 0.196 e. The highest BCUT2D eigenvalue weighted by atomic mass is 16.7. The quantitative estimate of drug-likeness (QED) is 0.444. The molecule has 1 saturated carbocycles. The topological polar surface area (TPSA) is 18.5 Å². The highest BCUT2D eigenvalue weighted by Gasteiger charge is 2.14. The summed E-state index contributed by atoms with van der Waals surface area (Å²) in [6.07, 6.45) is 11.7. The molecule has 0 N–H and O–H groups in total. The first kappa shape index (κ1) is 19.3. The van der Waals surface area contributed by atoms with Gasteiger partial charge in [-0.1, -0.05) is 64.5 Å². The molecule has 0 amide bonds. The summed E-state index contributed by atoms with van der Waals surface area (Å²) < 4.78 is 11.8. The van der Waals surface area contributed by atoms with E-state index in [1.54, 1.807) is 0 Å². The molecular formula is C22H36O2. The van der Waals surface area contributed by atoms with E-state index in [0.29, 0.717) is 5.92 Å². The Morgan fingerprint density at radius 2 is 1.75 bits per heavy atom. The Bertz CT molecular complexity index is 434. The maximum atomic E-state index is 5.91. The first-order valence-electron chi connectivity index (χ1n) is 10.1. The van der Waals surface area contributed by atoms with Crippen LogP contribution in [0, 0.1) is 5.92 Å². The van der Waals surface area contributed by atoms with E-state index in [1.165, 1.54) is 63.4 Å². The van der Waals surface area contributed by atoms with Crippen LogP contribution < -0.4 is 4.74 Å². The third kappa shape index (κ3) is 6.47. The standard InChI is InChI=1S/C22H36O2/c1-4-9-20(5-2)21-12-14-22(15-13-21)24-18(3)23-17-16-19-10-7-6-8-11-19/h12-15,18-20H,4-11,16-17H2,1-3H3. The molecule has 1 aromatic carbocycles. The van der Waals surface area contributed by atoms with Crippen molar-refractivity contribution in [3.05, 3.63) is 29.8 Å². The molecule has 0 bridgehead atoms. The van der Waals surface area contributed by atoms with Crippen molar-refractivity contribution in [2.45, 2.75) is 90.8 Å². The highest BCUT2D eigenvalue weighted by molar-refractivity contribution is 5.29. The minimum absolute atomic E-state index is 0.169. The molecule has 0 aromatic heterocycles. The van der Waals surface area contributed by atoms with Gasteiger partial charge in [0, 0.05) is 0 Å².